The number of ether oxygens (including phenoxy) is 1. The molecule has 0 unspecified atom stereocenters. The molecule has 4 aromatic rings. The molecule has 0 saturated carbocycles. The van der Waals surface area contributed by atoms with E-state index in [2.05, 4.69) is 5.10 Å². The third kappa shape index (κ3) is 3.57. The molecule has 33 heavy (non-hydrogen) atoms. The molecular weight excluding hydrogens is 483 g/mol. The number of hydrogen-bond acceptors (Lipinski definition) is 3. The quantitative estimate of drug-likeness (QED) is 0.317. The van der Waals surface area contributed by atoms with Crippen molar-refractivity contribution < 1.29 is 14.6 Å². The highest BCUT2D eigenvalue weighted by Crippen LogP contribution is 2.49. The number of carbonyl (C=O) groups is 1. The molecule has 0 fully saturated rings. The predicted octanol–water partition coefficient (Wildman–Crippen LogP) is 7.49. The van der Waals surface area contributed by atoms with E-state index >= 15 is 0 Å². The molecule has 0 aliphatic carbocycles. The zero-order chi connectivity index (χ0) is 23.5. The molecule has 2 heterocycles. The van der Waals surface area contributed by atoms with Crippen molar-refractivity contribution in [2.24, 2.45) is 0 Å². The Hall–Kier alpha value is -2.99. The Morgan fingerprint density at radius 2 is 1.73 bits per heavy atom. The maximum atomic E-state index is 12.1. The molecule has 8 heteroatoms. The molecule has 166 valence electrons. The Morgan fingerprint density at radius 3 is 2.42 bits per heavy atom. The number of rotatable bonds is 3. The Labute approximate surface area is 205 Å². The SMILES string of the molecule is CC1(C)Oc2cc(-c3ccccc3Cl)ccc2-c2c1c(C(=O)O)nn2-c1ccc(Cl)cc1Cl. The summed E-state index contributed by atoms with van der Waals surface area (Å²) in [6.07, 6.45) is 0. The highest BCUT2D eigenvalue weighted by Gasteiger charge is 2.41. The lowest BCUT2D eigenvalue weighted by Gasteiger charge is -2.33. The summed E-state index contributed by atoms with van der Waals surface area (Å²) >= 11 is 19.0. The summed E-state index contributed by atoms with van der Waals surface area (Å²) in [6.45, 7) is 3.64. The van der Waals surface area contributed by atoms with Crippen molar-refractivity contribution in [1.82, 2.24) is 9.78 Å². The van der Waals surface area contributed by atoms with Gasteiger partial charge in [0, 0.05) is 21.2 Å². The largest absolute Gasteiger partial charge is 0.482 e. The minimum absolute atomic E-state index is 0.0955. The molecule has 0 atom stereocenters. The van der Waals surface area contributed by atoms with Gasteiger partial charge < -0.3 is 9.84 Å². The van der Waals surface area contributed by atoms with E-state index in [1.54, 1.807) is 22.9 Å². The maximum Gasteiger partial charge on any atom is 0.356 e. The van der Waals surface area contributed by atoms with Crippen LogP contribution in [0.3, 0.4) is 0 Å². The van der Waals surface area contributed by atoms with E-state index in [4.69, 9.17) is 39.5 Å². The normalized spacial score (nSPS) is 13.7. The third-order valence-electron chi connectivity index (χ3n) is 5.61. The maximum absolute atomic E-state index is 12.1. The number of hydrogen-bond donors (Lipinski definition) is 1. The number of aromatic nitrogens is 2. The van der Waals surface area contributed by atoms with Crippen LogP contribution in [0.2, 0.25) is 15.1 Å². The van der Waals surface area contributed by atoms with Crippen LogP contribution in [0, 0.1) is 0 Å². The minimum atomic E-state index is -1.15. The van der Waals surface area contributed by atoms with Crippen molar-refractivity contribution in [3.63, 3.8) is 0 Å². The number of carboxylic acid groups (broad SMARTS) is 1. The van der Waals surface area contributed by atoms with Gasteiger partial charge in [0.2, 0.25) is 0 Å². The molecule has 5 rings (SSSR count). The lowest BCUT2D eigenvalue weighted by Crippen LogP contribution is -2.31. The number of carboxylic acids is 1. The highest BCUT2D eigenvalue weighted by atomic mass is 35.5. The van der Waals surface area contributed by atoms with Crippen LogP contribution in [0.5, 0.6) is 5.75 Å². The van der Waals surface area contributed by atoms with Crippen LogP contribution in [-0.4, -0.2) is 20.9 Å². The van der Waals surface area contributed by atoms with Gasteiger partial charge in [-0.15, -0.1) is 0 Å². The highest BCUT2D eigenvalue weighted by molar-refractivity contribution is 6.35. The van der Waals surface area contributed by atoms with E-state index in [1.165, 1.54) is 0 Å². The molecule has 0 saturated heterocycles. The molecule has 0 radical (unpaired) electrons. The van der Waals surface area contributed by atoms with E-state index < -0.39 is 11.6 Å². The van der Waals surface area contributed by atoms with Gasteiger partial charge in [0.15, 0.2) is 5.69 Å². The van der Waals surface area contributed by atoms with Gasteiger partial charge in [-0.1, -0.05) is 59.1 Å². The summed E-state index contributed by atoms with van der Waals surface area (Å²) in [6, 6.07) is 18.3. The molecule has 1 aliphatic heterocycles. The first-order valence-corrected chi connectivity index (χ1v) is 11.2. The van der Waals surface area contributed by atoms with Gasteiger partial charge in [-0.05, 0) is 55.8 Å². The van der Waals surface area contributed by atoms with Crippen molar-refractivity contribution in [2.45, 2.75) is 19.4 Å². The van der Waals surface area contributed by atoms with Crippen LogP contribution in [0.1, 0.15) is 29.9 Å². The van der Waals surface area contributed by atoms with E-state index in [0.717, 1.165) is 11.1 Å². The summed E-state index contributed by atoms with van der Waals surface area (Å²) in [7, 11) is 0. The van der Waals surface area contributed by atoms with Crippen molar-refractivity contribution in [3.8, 4) is 33.8 Å². The van der Waals surface area contributed by atoms with Crippen molar-refractivity contribution in [1.29, 1.82) is 0 Å². The van der Waals surface area contributed by atoms with Crippen molar-refractivity contribution in [3.05, 3.63) is 87.0 Å². The first-order valence-electron chi connectivity index (χ1n) is 10.1. The number of aromatic carboxylic acids is 1. The molecule has 1 aromatic heterocycles. The smallest absolute Gasteiger partial charge is 0.356 e. The fraction of sp³-hybridized carbons (Fsp3) is 0.120. The standard InChI is InChI=1S/C25H17Cl3N2O3/c1-25(2)21-22(24(31)32)29-30(19-10-8-14(26)12-18(19)28)23(21)16-9-7-13(11-20(16)33-25)15-5-3-4-6-17(15)27/h3-12H,1-2H3,(H,31,32). The second kappa shape index (κ2) is 7.80. The Bertz CT molecular complexity index is 1440. The summed E-state index contributed by atoms with van der Waals surface area (Å²) < 4.78 is 7.87. The average Bonchev–Trinajstić information content (AvgIpc) is 3.16. The van der Waals surface area contributed by atoms with Crippen LogP contribution < -0.4 is 4.74 Å². The monoisotopic (exact) mass is 498 g/mol. The Kier molecular flexibility index (Phi) is 5.16. The molecule has 0 bridgehead atoms. The zero-order valence-electron chi connectivity index (χ0n) is 17.6. The molecule has 3 aromatic carbocycles. The number of benzene rings is 3. The van der Waals surface area contributed by atoms with Gasteiger partial charge in [-0.3, -0.25) is 0 Å². The number of nitrogens with zero attached hydrogens (tertiary/aromatic N) is 2. The predicted molar refractivity (Wildman–Crippen MR) is 130 cm³/mol. The van der Waals surface area contributed by atoms with Crippen LogP contribution in [0.4, 0.5) is 0 Å². The molecule has 0 spiro atoms. The first-order chi connectivity index (χ1) is 15.7. The fourth-order valence-electron chi connectivity index (χ4n) is 4.21. The van der Waals surface area contributed by atoms with Gasteiger partial charge in [0.25, 0.3) is 0 Å². The van der Waals surface area contributed by atoms with Gasteiger partial charge in [-0.25, -0.2) is 9.48 Å². The Morgan fingerprint density at radius 1 is 0.970 bits per heavy atom. The van der Waals surface area contributed by atoms with Crippen LogP contribution in [-0.2, 0) is 5.60 Å². The first kappa shape index (κ1) is 21.8. The van der Waals surface area contributed by atoms with E-state index in [-0.39, 0.29) is 5.69 Å². The van der Waals surface area contributed by atoms with Gasteiger partial charge >= 0.3 is 5.97 Å². The van der Waals surface area contributed by atoms with Crippen LogP contribution in [0.25, 0.3) is 28.1 Å². The molecule has 1 N–H and O–H groups in total. The van der Waals surface area contributed by atoms with E-state index in [0.29, 0.717) is 43.3 Å². The number of halogens is 3. The molecule has 0 amide bonds. The van der Waals surface area contributed by atoms with E-state index in [9.17, 15) is 9.90 Å². The summed E-state index contributed by atoms with van der Waals surface area (Å²) in [5, 5.41) is 15.8. The summed E-state index contributed by atoms with van der Waals surface area (Å²) in [4.78, 5) is 12.1. The average molecular weight is 500 g/mol. The van der Waals surface area contributed by atoms with Gasteiger partial charge in [0.1, 0.15) is 11.4 Å². The van der Waals surface area contributed by atoms with E-state index in [1.807, 2.05) is 56.3 Å². The molecule has 1 aliphatic rings. The van der Waals surface area contributed by atoms with Gasteiger partial charge in [0.05, 0.1) is 22.0 Å². The van der Waals surface area contributed by atoms with Crippen LogP contribution >= 0.6 is 34.8 Å². The van der Waals surface area contributed by atoms with Crippen molar-refractivity contribution >= 4 is 40.8 Å². The van der Waals surface area contributed by atoms with Crippen LogP contribution in [0.15, 0.2) is 60.7 Å². The Balaban J connectivity index is 1.80. The lowest BCUT2D eigenvalue weighted by atomic mass is 9.88. The minimum Gasteiger partial charge on any atom is -0.482 e. The van der Waals surface area contributed by atoms with Crippen molar-refractivity contribution in [2.75, 3.05) is 0 Å². The number of fused-ring (bicyclic) bond motifs is 3. The second-order valence-corrected chi connectivity index (χ2v) is 9.44. The third-order valence-corrected chi connectivity index (χ3v) is 6.48. The topological polar surface area (TPSA) is 64.3 Å². The lowest BCUT2D eigenvalue weighted by molar-refractivity contribution is 0.0665. The van der Waals surface area contributed by atoms with Gasteiger partial charge in [-0.2, -0.15) is 5.10 Å². The zero-order valence-corrected chi connectivity index (χ0v) is 19.8. The summed E-state index contributed by atoms with van der Waals surface area (Å²) in [5.41, 5.74) is 2.98. The fourth-order valence-corrected chi connectivity index (χ4v) is 4.94. The second-order valence-electron chi connectivity index (χ2n) is 8.19. The summed E-state index contributed by atoms with van der Waals surface area (Å²) in [5.74, 6) is -0.559. The molecular formula is C25H17Cl3N2O3. The molecule has 5 nitrogen and oxygen atoms in total.